The molecule has 0 fully saturated rings. The van der Waals surface area contributed by atoms with Gasteiger partial charge in [-0.2, -0.15) is 0 Å². The number of halogens is 1. The predicted octanol–water partition coefficient (Wildman–Crippen LogP) is 2.24. The fraction of sp³-hybridized carbons (Fsp3) is 0.444. The first-order valence-corrected chi connectivity index (χ1v) is 7.74. The van der Waals surface area contributed by atoms with E-state index in [1.54, 1.807) is 6.07 Å². The molecule has 15 heavy (non-hydrogen) atoms. The average Bonchev–Trinajstić information content (AvgIpc) is 2.75. The van der Waals surface area contributed by atoms with Crippen molar-refractivity contribution in [2.75, 3.05) is 7.11 Å². The number of nitrogens with zero attached hydrogens (tertiary/aromatic N) is 1. The summed E-state index contributed by atoms with van der Waals surface area (Å²) in [7, 11) is 2.50. The molecule has 3 N–H and O–H groups in total. The molecule has 0 saturated carbocycles. The highest BCUT2D eigenvalue weighted by molar-refractivity contribution is 14.2. The Morgan fingerprint density at radius 1 is 1.60 bits per heavy atom. The summed E-state index contributed by atoms with van der Waals surface area (Å²) >= 11 is 2.14. The van der Waals surface area contributed by atoms with Crippen LogP contribution in [0.1, 0.15) is 29.9 Å². The van der Waals surface area contributed by atoms with Crippen LogP contribution < -0.4 is 5.73 Å². The Morgan fingerprint density at radius 2 is 2.13 bits per heavy atom. The minimum atomic E-state index is 0.400. The Morgan fingerprint density at radius 3 is 2.47 bits per heavy atom. The lowest BCUT2D eigenvalue weighted by Gasteiger charge is -2.00. The Hall–Kier alpha value is -0.0500. The second-order valence-electron chi connectivity index (χ2n) is 1.93. The third-order valence-corrected chi connectivity index (χ3v) is 3.15. The molecule has 0 aromatic carbocycles. The van der Waals surface area contributed by atoms with Crippen LogP contribution in [0.5, 0.6) is 0 Å². The highest BCUT2D eigenvalue weighted by atomic mass is 127. The molecule has 1 rings (SSSR count). The fourth-order valence-electron chi connectivity index (χ4n) is 0.841. The Bertz CT molecular complexity index is 267. The summed E-state index contributed by atoms with van der Waals surface area (Å²) in [6, 6.07) is 1.76. The maximum absolute atomic E-state index is 10.4. The minimum Gasteiger partial charge on any atom is -0.400 e. The van der Waals surface area contributed by atoms with E-state index in [1.807, 2.05) is 24.0 Å². The van der Waals surface area contributed by atoms with E-state index in [0.717, 1.165) is 19.1 Å². The van der Waals surface area contributed by atoms with Gasteiger partial charge in [0.2, 0.25) is 0 Å². The number of hydrogen-bond acceptors (Lipinski definition) is 4. The molecule has 0 unspecified atom stereocenters. The van der Waals surface area contributed by atoms with E-state index in [4.69, 9.17) is 10.8 Å². The van der Waals surface area contributed by atoms with Crippen LogP contribution in [-0.2, 0) is 6.54 Å². The van der Waals surface area contributed by atoms with Crippen molar-refractivity contribution in [3.63, 3.8) is 0 Å². The van der Waals surface area contributed by atoms with Gasteiger partial charge in [0.15, 0.2) is 6.29 Å². The van der Waals surface area contributed by atoms with Crippen molar-refractivity contribution in [2.45, 2.75) is 20.4 Å². The zero-order valence-electron chi connectivity index (χ0n) is 9.11. The number of carbonyl (C=O) groups is 1. The van der Waals surface area contributed by atoms with E-state index in [9.17, 15) is 4.79 Å². The van der Waals surface area contributed by atoms with Gasteiger partial charge in [-0.25, -0.2) is 0 Å². The third-order valence-electron chi connectivity index (χ3n) is 1.38. The molecule has 0 aliphatic rings. The maximum Gasteiger partial charge on any atom is 0.151 e. The summed E-state index contributed by atoms with van der Waals surface area (Å²) in [5.74, 6) is 0. The molecule has 1 aromatic heterocycles. The van der Waals surface area contributed by atoms with Crippen molar-refractivity contribution in [2.24, 2.45) is 5.73 Å². The van der Waals surface area contributed by atoms with E-state index in [1.165, 1.54) is 9.12 Å². The van der Waals surface area contributed by atoms with E-state index in [2.05, 4.69) is 21.2 Å². The Balaban J connectivity index is 0. The Labute approximate surface area is 107 Å². The third kappa shape index (κ3) is 5.55. The van der Waals surface area contributed by atoms with Crippen LogP contribution in [0.2, 0.25) is 0 Å². The molecule has 6 heteroatoms. The summed E-state index contributed by atoms with van der Waals surface area (Å²) in [4.78, 5) is 10.4. The summed E-state index contributed by atoms with van der Waals surface area (Å²) < 4.78 is 1.88. The van der Waals surface area contributed by atoms with Crippen molar-refractivity contribution < 1.29 is 9.90 Å². The number of aliphatic hydroxyl groups is 1. The van der Waals surface area contributed by atoms with Crippen LogP contribution in [0.4, 0.5) is 0 Å². The molecule has 0 atom stereocenters. The molecule has 0 spiro atoms. The maximum atomic E-state index is 10.4. The first-order valence-electron chi connectivity index (χ1n) is 4.42. The molecule has 0 aliphatic carbocycles. The lowest BCUT2D eigenvalue weighted by atomic mass is 10.3. The van der Waals surface area contributed by atoms with Crippen molar-refractivity contribution in [1.82, 2.24) is 3.97 Å². The number of aldehydes is 1. The highest BCUT2D eigenvalue weighted by Gasteiger charge is 2.05. The van der Waals surface area contributed by atoms with Gasteiger partial charge < -0.3 is 10.8 Å². The largest absolute Gasteiger partial charge is 0.400 e. The van der Waals surface area contributed by atoms with Gasteiger partial charge in [-0.1, -0.05) is 13.8 Å². The van der Waals surface area contributed by atoms with Crippen LogP contribution in [0.15, 0.2) is 12.3 Å². The van der Waals surface area contributed by atoms with E-state index >= 15 is 0 Å². The van der Waals surface area contributed by atoms with Gasteiger partial charge in [-0.15, -0.1) is 0 Å². The second-order valence-corrected chi connectivity index (χ2v) is 3.65. The normalized spacial score (nSPS) is 8.13. The van der Waals surface area contributed by atoms with Crippen LogP contribution in [0, 0.1) is 0 Å². The van der Waals surface area contributed by atoms with Gasteiger partial charge in [0.1, 0.15) is 0 Å². The lowest BCUT2D eigenvalue weighted by molar-refractivity contribution is 0.112. The monoisotopic (exact) mass is 344 g/mol. The molecule has 1 heterocycles. The first-order chi connectivity index (χ1) is 7.33. The number of rotatable bonds is 3. The number of nitrogens with two attached hydrogens (primary N) is 1. The average molecular weight is 344 g/mol. The molecule has 0 saturated heterocycles. The van der Waals surface area contributed by atoms with Crippen molar-refractivity contribution in [1.29, 1.82) is 0 Å². The smallest absolute Gasteiger partial charge is 0.151 e. The van der Waals surface area contributed by atoms with Gasteiger partial charge in [-0.05, 0) is 6.07 Å². The van der Waals surface area contributed by atoms with Gasteiger partial charge in [0, 0.05) is 55.7 Å². The van der Waals surface area contributed by atoms with Crippen molar-refractivity contribution in [3.8, 4) is 0 Å². The number of hydrogen-bond donors (Lipinski definition) is 2. The molecule has 1 aromatic rings. The number of aromatic nitrogens is 1. The van der Waals surface area contributed by atoms with E-state index in [-0.39, 0.29) is 0 Å². The Kier molecular flexibility index (Phi) is 13.9. The highest BCUT2D eigenvalue weighted by Crippen LogP contribution is 2.20. The van der Waals surface area contributed by atoms with E-state index in [0.29, 0.717) is 12.1 Å². The molecule has 4 nitrogen and oxygen atoms in total. The van der Waals surface area contributed by atoms with Crippen LogP contribution >= 0.6 is 30.3 Å². The molecular weight excluding hydrogens is 327 g/mol. The number of carbonyl (C=O) groups excluding carboxylic acids is 1. The quantitative estimate of drug-likeness (QED) is 0.652. The summed E-state index contributed by atoms with van der Waals surface area (Å²) in [5.41, 5.74) is 7.00. The van der Waals surface area contributed by atoms with Crippen molar-refractivity contribution in [3.05, 3.63) is 23.5 Å². The van der Waals surface area contributed by atoms with Gasteiger partial charge in [-0.3, -0.25) is 8.77 Å². The molecular formula is C9H17IN2O2S. The summed E-state index contributed by atoms with van der Waals surface area (Å²) in [6.45, 7) is 4.40. The minimum absolute atomic E-state index is 0.400. The molecule has 88 valence electrons. The fourth-order valence-corrected chi connectivity index (χ4v) is 2.32. The topological polar surface area (TPSA) is 68.2 Å². The zero-order valence-corrected chi connectivity index (χ0v) is 12.1. The molecule has 0 bridgehead atoms. The SMILES string of the molecule is CC.CO.NCc1c(C=O)ccn1SI. The van der Waals surface area contributed by atoms with Crippen molar-refractivity contribution >= 4 is 36.6 Å². The first kappa shape index (κ1) is 17.3. The zero-order chi connectivity index (χ0) is 12.3. The molecule has 0 radical (unpaired) electrons. The van der Waals surface area contributed by atoms with Crippen LogP contribution in [0.3, 0.4) is 0 Å². The van der Waals surface area contributed by atoms with Gasteiger partial charge in [0.25, 0.3) is 0 Å². The van der Waals surface area contributed by atoms with Gasteiger partial charge in [0.05, 0.1) is 5.69 Å². The molecule has 0 aliphatic heterocycles. The predicted molar refractivity (Wildman–Crippen MR) is 74.2 cm³/mol. The van der Waals surface area contributed by atoms with Crippen LogP contribution in [0.25, 0.3) is 0 Å². The molecule has 0 amide bonds. The van der Waals surface area contributed by atoms with E-state index < -0.39 is 0 Å². The summed E-state index contributed by atoms with van der Waals surface area (Å²) in [6.07, 6.45) is 2.66. The number of aliphatic hydroxyl groups excluding tert-OH is 1. The lowest BCUT2D eigenvalue weighted by Crippen LogP contribution is -2.03. The standard InChI is InChI=1S/C6H7IN2OS.C2H6.CH4O/c7-11-9-2-1-5(4-10)6(9)3-8;2*1-2/h1-2,4H,3,8H2;1-2H3;2H,1H3. The van der Waals surface area contributed by atoms with Gasteiger partial charge >= 0.3 is 0 Å². The second kappa shape index (κ2) is 12.0. The summed E-state index contributed by atoms with van der Waals surface area (Å²) in [5, 5.41) is 7.00. The van der Waals surface area contributed by atoms with Crippen LogP contribution in [-0.4, -0.2) is 22.5 Å².